The van der Waals surface area contributed by atoms with Gasteiger partial charge in [0.25, 0.3) is 7.28 Å². The summed E-state index contributed by atoms with van der Waals surface area (Å²) in [5.74, 6) is 0. The van der Waals surface area contributed by atoms with Crippen molar-refractivity contribution in [1.82, 2.24) is 0 Å². The molecule has 2 nitrogen and oxygen atoms in total. The molecule has 1 N–H and O–H groups in total. The molecule has 0 bridgehead atoms. The van der Waals surface area contributed by atoms with E-state index in [2.05, 4.69) is 27.6 Å². The van der Waals surface area contributed by atoms with Crippen LogP contribution in [0.5, 0.6) is 0 Å². The molecule has 1 aromatic rings. The number of halogens is 1. The maximum absolute atomic E-state index is 7.66. The van der Waals surface area contributed by atoms with Crippen molar-refractivity contribution in [2.24, 2.45) is 4.99 Å². The van der Waals surface area contributed by atoms with Crippen molar-refractivity contribution < 1.29 is 0 Å². The Labute approximate surface area is 85.0 Å². The molecule has 0 amide bonds. The number of nitrogens with one attached hydrogen (secondary N) is 1. The number of aliphatic imine (C=N–C) groups is 1. The Bertz CT molecular complexity index is 373. The minimum absolute atomic E-state index is 0.546. The van der Waals surface area contributed by atoms with Gasteiger partial charge in [-0.2, -0.15) is 0 Å². The molecule has 0 spiro atoms. The fourth-order valence-corrected chi connectivity index (χ4v) is 1.71. The van der Waals surface area contributed by atoms with Crippen LogP contribution in [0.25, 0.3) is 0 Å². The zero-order valence-corrected chi connectivity index (χ0v) is 8.37. The summed E-state index contributed by atoms with van der Waals surface area (Å²) in [5.41, 5.74) is 2.36. The first-order valence-corrected chi connectivity index (χ1v) is 4.62. The molecule has 0 saturated carbocycles. The highest BCUT2D eigenvalue weighted by molar-refractivity contribution is 14.1. The lowest BCUT2D eigenvalue weighted by molar-refractivity contribution is 1.47. The lowest BCUT2D eigenvalue weighted by Gasteiger charge is -2.11. The molecule has 0 saturated heterocycles. The third-order valence-electron chi connectivity index (χ3n) is 1.68. The fourth-order valence-electron chi connectivity index (χ4n) is 1.14. The highest BCUT2D eigenvalue weighted by Gasteiger charge is 2.15. The number of rotatable bonds is 0. The van der Waals surface area contributed by atoms with Crippen molar-refractivity contribution in [3.63, 3.8) is 0 Å². The minimum atomic E-state index is 0.546. The zero-order chi connectivity index (χ0) is 8.55. The molecule has 2 rings (SSSR count). The largest absolute Gasteiger partial charge is 0.315 e. The molecule has 0 aromatic heterocycles. The summed E-state index contributed by atoms with van der Waals surface area (Å²) in [5, 5.41) is 7.66. The van der Waals surface area contributed by atoms with Crippen LogP contribution in [0.4, 0.5) is 5.69 Å². The van der Waals surface area contributed by atoms with Gasteiger partial charge in [0.1, 0.15) is 0 Å². The van der Waals surface area contributed by atoms with Gasteiger partial charge in [-0.15, -0.1) is 0 Å². The summed E-state index contributed by atoms with van der Waals surface area (Å²) in [7, 11) is 1.77. The Morgan fingerprint density at radius 3 is 2.92 bits per heavy atom. The Morgan fingerprint density at radius 2 is 2.08 bits per heavy atom. The van der Waals surface area contributed by atoms with Crippen molar-refractivity contribution in [2.75, 3.05) is 0 Å². The van der Waals surface area contributed by atoms with Crippen LogP contribution in [0.15, 0.2) is 29.3 Å². The molecule has 0 unspecified atom stereocenters. The van der Waals surface area contributed by atoms with Gasteiger partial charge in [-0.3, -0.25) is 4.99 Å². The van der Waals surface area contributed by atoms with Gasteiger partial charge >= 0.3 is 0 Å². The van der Waals surface area contributed by atoms with Crippen LogP contribution < -0.4 is 0 Å². The normalized spacial score (nSPS) is 14.8. The molecule has 1 aromatic carbocycles. The molecule has 1 aliphatic rings. The zero-order valence-electron chi connectivity index (χ0n) is 6.21. The van der Waals surface area contributed by atoms with Crippen LogP contribution in [0.3, 0.4) is 0 Å². The first-order chi connectivity index (χ1) is 5.77. The highest BCUT2D eigenvalue weighted by atomic mass is 127. The Morgan fingerprint density at radius 1 is 1.33 bits per heavy atom. The van der Waals surface area contributed by atoms with Crippen LogP contribution in [-0.4, -0.2) is 16.5 Å². The van der Waals surface area contributed by atoms with E-state index in [4.69, 9.17) is 5.41 Å². The predicted octanol–water partition coefficient (Wildman–Crippen LogP) is 2.15. The molecule has 57 valence electrons. The maximum atomic E-state index is 7.66. The van der Waals surface area contributed by atoms with E-state index >= 15 is 0 Å². The SMILES string of the molecule is N=C1[B]C(I)=Nc2ccccc21. The second kappa shape index (κ2) is 3.01. The van der Waals surface area contributed by atoms with Crippen molar-refractivity contribution in [3.8, 4) is 0 Å². The number of hydrogen-bond donors (Lipinski definition) is 1. The topological polar surface area (TPSA) is 36.2 Å². The molecular weight excluding hydrogens is 262 g/mol. The lowest BCUT2D eigenvalue weighted by Crippen LogP contribution is -2.19. The molecule has 4 heteroatoms. The Kier molecular flexibility index (Phi) is 2.00. The van der Waals surface area contributed by atoms with E-state index in [0.717, 1.165) is 14.9 Å². The number of nitrogens with zero attached hydrogens (tertiary/aromatic N) is 1. The summed E-state index contributed by atoms with van der Waals surface area (Å²) in [6.45, 7) is 0. The first kappa shape index (κ1) is 7.98. The number of fused-ring (bicyclic) bond motifs is 1. The van der Waals surface area contributed by atoms with Crippen molar-refractivity contribution in [3.05, 3.63) is 29.8 Å². The monoisotopic (exact) mass is 267 g/mol. The first-order valence-electron chi connectivity index (χ1n) is 3.54. The molecule has 1 radical (unpaired) electrons. The van der Waals surface area contributed by atoms with Crippen molar-refractivity contribution >= 4 is 44.8 Å². The lowest BCUT2D eigenvalue weighted by atomic mass is 9.69. The quantitative estimate of drug-likeness (QED) is 0.552. The predicted molar refractivity (Wildman–Crippen MR) is 60.1 cm³/mol. The van der Waals surface area contributed by atoms with E-state index in [1.165, 1.54) is 0 Å². The van der Waals surface area contributed by atoms with Gasteiger partial charge in [-0.05, 0) is 28.7 Å². The van der Waals surface area contributed by atoms with Crippen molar-refractivity contribution in [2.45, 2.75) is 0 Å². The van der Waals surface area contributed by atoms with E-state index in [1.54, 1.807) is 7.28 Å². The van der Waals surface area contributed by atoms with Gasteiger partial charge in [-0.25, -0.2) is 0 Å². The van der Waals surface area contributed by atoms with Gasteiger partial charge in [0, 0.05) is 14.8 Å². The number of para-hydroxylation sites is 1. The molecule has 0 aliphatic carbocycles. The average Bonchev–Trinajstić information content (AvgIpc) is 2.04. The second-order valence-electron chi connectivity index (χ2n) is 2.51. The number of hydrogen-bond acceptors (Lipinski definition) is 2. The van der Waals surface area contributed by atoms with Crippen LogP contribution in [-0.2, 0) is 0 Å². The van der Waals surface area contributed by atoms with Crippen LogP contribution in [0.1, 0.15) is 5.56 Å². The van der Waals surface area contributed by atoms with Crippen molar-refractivity contribution in [1.29, 1.82) is 5.41 Å². The Balaban J connectivity index is 2.62. The standard InChI is InChI=1S/C8H5BIN2/c10-8-9-7(11)5-3-1-2-4-6(5)12-8/h1-4,11H. The highest BCUT2D eigenvalue weighted by Crippen LogP contribution is 2.23. The van der Waals surface area contributed by atoms with Gasteiger partial charge in [0.05, 0.1) is 5.69 Å². The van der Waals surface area contributed by atoms with E-state index in [0.29, 0.717) is 5.61 Å². The molecule has 0 fully saturated rings. The smallest absolute Gasteiger partial charge is 0.251 e. The van der Waals surface area contributed by atoms with Crippen LogP contribution in [0.2, 0.25) is 0 Å². The van der Waals surface area contributed by atoms with E-state index < -0.39 is 0 Å². The summed E-state index contributed by atoms with van der Waals surface area (Å²) in [4.78, 5) is 4.30. The van der Waals surface area contributed by atoms with E-state index in [9.17, 15) is 0 Å². The van der Waals surface area contributed by atoms with Crippen LogP contribution in [0, 0.1) is 5.41 Å². The average molecular weight is 267 g/mol. The molecule has 1 aliphatic heterocycles. The minimum Gasteiger partial charge on any atom is -0.315 e. The van der Waals surface area contributed by atoms with Gasteiger partial charge < -0.3 is 5.41 Å². The van der Waals surface area contributed by atoms with Gasteiger partial charge in [0.15, 0.2) is 0 Å². The summed E-state index contributed by atoms with van der Waals surface area (Å²) in [6.07, 6.45) is 0. The van der Waals surface area contributed by atoms with Gasteiger partial charge in [0.2, 0.25) is 0 Å². The van der Waals surface area contributed by atoms with Crippen LogP contribution >= 0.6 is 22.6 Å². The van der Waals surface area contributed by atoms with Gasteiger partial charge in [-0.1, -0.05) is 18.2 Å². The number of benzene rings is 1. The molecule has 1 heterocycles. The summed E-state index contributed by atoms with van der Waals surface area (Å²) in [6, 6.07) is 7.70. The second-order valence-corrected chi connectivity index (χ2v) is 3.61. The molecular formula is C8H5BIN2. The third kappa shape index (κ3) is 1.31. The Hall–Kier alpha value is -0.645. The summed E-state index contributed by atoms with van der Waals surface area (Å²) >= 11 is 2.12. The van der Waals surface area contributed by atoms with E-state index in [-0.39, 0.29) is 0 Å². The third-order valence-corrected chi connectivity index (χ3v) is 2.24. The maximum Gasteiger partial charge on any atom is 0.251 e. The van der Waals surface area contributed by atoms with E-state index in [1.807, 2.05) is 24.3 Å². The molecule has 12 heavy (non-hydrogen) atoms. The summed E-state index contributed by atoms with van der Waals surface area (Å²) < 4.78 is 0.872. The molecule has 0 atom stereocenters. The fraction of sp³-hybridized carbons (Fsp3) is 0.